The molecule has 0 aromatic heterocycles. The van der Waals surface area contributed by atoms with Crippen molar-refractivity contribution in [2.45, 2.75) is 59.9 Å². The number of aliphatic carboxylic acids is 1. The van der Waals surface area contributed by atoms with Crippen LogP contribution in [0.5, 0.6) is 0 Å². The first-order chi connectivity index (χ1) is 9.66. The number of hydrogen-bond acceptors (Lipinski definition) is 2. The van der Waals surface area contributed by atoms with Crippen LogP contribution in [0.15, 0.2) is 0 Å². The van der Waals surface area contributed by atoms with Crippen LogP contribution in [0.25, 0.3) is 0 Å². The molecule has 1 saturated heterocycles. The number of amides is 2. The maximum atomic E-state index is 12.6. The lowest BCUT2D eigenvalue weighted by molar-refractivity contribution is -0.138. The summed E-state index contributed by atoms with van der Waals surface area (Å²) < 4.78 is 0. The average molecular weight is 298 g/mol. The topological polar surface area (TPSA) is 60.9 Å². The fourth-order valence-corrected chi connectivity index (χ4v) is 3.12. The van der Waals surface area contributed by atoms with E-state index in [1.54, 1.807) is 11.8 Å². The van der Waals surface area contributed by atoms with E-state index in [0.29, 0.717) is 12.5 Å². The minimum Gasteiger partial charge on any atom is -0.481 e. The lowest BCUT2D eigenvalue weighted by Crippen LogP contribution is -2.50. The van der Waals surface area contributed by atoms with E-state index in [2.05, 4.69) is 20.8 Å². The molecule has 1 N–H and O–H groups in total. The summed E-state index contributed by atoms with van der Waals surface area (Å²) in [7, 11) is 0. The van der Waals surface area contributed by atoms with Crippen molar-refractivity contribution in [3.05, 3.63) is 0 Å². The summed E-state index contributed by atoms with van der Waals surface area (Å²) in [5.41, 5.74) is 0.288. The molecule has 1 aliphatic heterocycles. The second-order valence-corrected chi connectivity index (χ2v) is 7.14. The molecular formula is C16H30N2O3. The van der Waals surface area contributed by atoms with Gasteiger partial charge in [-0.3, -0.25) is 4.79 Å². The highest BCUT2D eigenvalue weighted by Crippen LogP contribution is 2.34. The lowest BCUT2D eigenvalue weighted by atomic mass is 9.75. The van der Waals surface area contributed by atoms with Crippen molar-refractivity contribution in [2.24, 2.45) is 11.3 Å². The van der Waals surface area contributed by atoms with E-state index in [4.69, 9.17) is 5.11 Å². The summed E-state index contributed by atoms with van der Waals surface area (Å²) in [6.07, 6.45) is 2.05. The van der Waals surface area contributed by atoms with Crippen LogP contribution in [-0.4, -0.2) is 52.6 Å². The van der Waals surface area contributed by atoms with Crippen LogP contribution in [0.1, 0.15) is 53.9 Å². The van der Waals surface area contributed by atoms with Crippen molar-refractivity contribution < 1.29 is 14.7 Å². The Morgan fingerprint density at radius 1 is 1.29 bits per heavy atom. The van der Waals surface area contributed by atoms with Crippen molar-refractivity contribution in [1.29, 1.82) is 0 Å². The van der Waals surface area contributed by atoms with E-state index in [1.165, 1.54) is 0 Å². The Kier molecular flexibility index (Phi) is 6.05. The second-order valence-electron chi connectivity index (χ2n) is 7.14. The number of rotatable bonds is 4. The van der Waals surface area contributed by atoms with Gasteiger partial charge in [0.25, 0.3) is 0 Å². The molecule has 122 valence electrons. The maximum absolute atomic E-state index is 12.6. The SMILES string of the molecule is CCN(C(=O)N1CCC(C(C)(C)C)CC1)C(C)CC(=O)O. The standard InChI is InChI=1S/C16H30N2O3/c1-6-18(12(2)11-14(19)20)15(21)17-9-7-13(8-10-17)16(3,4)5/h12-13H,6-11H2,1-5H3,(H,19,20). The van der Waals surface area contributed by atoms with Crippen LogP contribution < -0.4 is 0 Å². The Morgan fingerprint density at radius 3 is 2.19 bits per heavy atom. The first kappa shape index (κ1) is 17.8. The molecule has 0 aliphatic carbocycles. The summed E-state index contributed by atoms with van der Waals surface area (Å²) in [5, 5.41) is 8.89. The van der Waals surface area contributed by atoms with Gasteiger partial charge in [0.1, 0.15) is 0 Å². The zero-order valence-electron chi connectivity index (χ0n) is 14.1. The Hall–Kier alpha value is -1.26. The second kappa shape index (κ2) is 7.14. The number of carboxylic acid groups (broad SMARTS) is 1. The van der Waals surface area contributed by atoms with Crippen LogP contribution in [0.2, 0.25) is 0 Å². The van der Waals surface area contributed by atoms with E-state index >= 15 is 0 Å². The summed E-state index contributed by atoms with van der Waals surface area (Å²) in [6, 6.07) is -0.279. The fraction of sp³-hybridized carbons (Fsp3) is 0.875. The fourth-order valence-electron chi connectivity index (χ4n) is 3.12. The van der Waals surface area contributed by atoms with Crippen molar-refractivity contribution in [1.82, 2.24) is 9.80 Å². The third-order valence-corrected chi connectivity index (χ3v) is 4.58. The number of urea groups is 1. The van der Waals surface area contributed by atoms with E-state index in [9.17, 15) is 9.59 Å². The van der Waals surface area contributed by atoms with Gasteiger partial charge in [-0.15, -0.1) is 0 Å². The number of carbonyl (C=O) groups is 2. The van der Waals surface area contributed by atoms with Gasteiger partial charge in [-0.2, -0.15) is 0 Å². The molecule has 1 heterocycles. The molecular weight excluding hydrogens is 268 g/mol. The number of carboxylic acids is 1. The third-order valence-electron chi connectivity index (χ3n) is 4.58. The minimum absolute atomic E-state index is 0.00195. The predicted octanol–water partition coefficient (Wildman–Crippen LogP) is 3.05. The van der Waals surface area contributed by atoms with Crippen LogP contribution in [0.3, 0.4) is 0 Å². The van der Waals surface area contributed by atoms with Crippen LogP contribution >= 0.6 is 0 Å². The lowest BCUT2D eigenvalue weighted by Gasteiger charge is -2.41. The maximum Gasteiger partial charge on any atom is 0.320 e. The number of likely N-dealkylation sites (tertiary alicyclic amines) is 1. The monoisotopic (exact) mass is 298 g/mol. The summed E-state index contributed by atoms with van der Waals surface area (Å²) in [4.78, 5) is 26.9. The predicted molar refractivity (Wildman–Crippen MR) is 83.2 cm³/mol. The van der Waals surface area contributed by atoms with E-state index < -0.39 is 5.97 Å². The Labute approximate surface area is 128 Å². The molecule has 1 fully saturated rings. The van der Waals surface area contributed by atoms with E-state index in [0.717, 1.165) is 25.9 Å². The van der Waals surface area contributed by atoms with Gasteiger partial charge in [0.15, 0.2) is 0 Å². The summed E-state index contributed by atoms with van der Waals surface area (Å²) in [5.74, 6) is -0.215. The van der Waals surface area contributed by atoms with Gasteiger partial charge in [0.05, 0.1) is 6.42 Å². The van der Waals surface area contributed by atoms with Crippen molar-refractivity contribution >= 4 is 12.0 Å². The van der Waals surface area contributed by atoms with Crippen molar-refractivity contribution in [2.75, 3.05) is 19.6 Å². The van der Waals surface area contributed by atoms with Crippen LogP contribution in [0, 0.1) is 11.3 Å². The molecule has 1 rings (SSSR count). The number of carbonyl (C=O) groups excluding carboxylic acids is 1. The van der Waals surface area contributed by atoms with Crippen LogP contribution in [0.4, 0.5) is 4.79 Å². The van der Waals surface area contributed by atoms with Gasteiger partial charge in [0.2, 0.25) is 0 Å². The molecule has 0 aromatic carbocycles. The highest BCUT2D eigenvalue weighted by molar-refractivity contribution is 5.76. The van der Waals surface area contributed by atoms with Gasteiger partial charge in [-0.25, -0.2) is 4.79 Å². The molecule has 0 saturated carbocycles. The van der Waals surface area contributed by atoms with Gasteiger partial charge in [-0.1, -0.05) is 20.8 Å². The molecule has 5 heteroatoms. The highest BCUT2D eigenvalue weighted by Gasteiger charge is 2.32. The van der Waals surface area contributed by atoms with Gasteiger partial charge in [-0.05, 0) is 38.0 Å². The Balaban J connectivity index is 2.61. The smallest absolute Gasteiger partial charge is 0.320 e. The molecule has 0 aromatic rings. The van der Waals surface area contributed by atoms with Crippen molar-refractivity contribution in [3.63, 3.8) is 0 Å². The normalized spacial score (nSPS) is 18.4. The first-order valence-electron chi connectivity index (χ1n) is 7.94. The molecule has 21 heavy (non-hydrogen) atoms. The van der Waals surface area contributed by atoms with Gasteiger partial charge >= 0.3 is 12.0 Å². The number of hydrogen-bond donors (Lipinski definition) is 1. The summed E-state index contributed by atoms with van der Waals surface area (Å²) >= 11 is 0. The molecule has 1 unspecified atom stereocenters. The molecule has 5 nitrogen and oxygen atoms in total. The van der Waals surface area contributed by atoms with E-state index in [-0.39, 0.29) is 23.9 Å². The average Bonchev–Trinajstić information content (AvgIpc) is 2.37. The number of piperidine rings is 1. The van der Waals surface area contributed by atoms with Gasteiger partial charge in [0, 0.05) is 25.7 Å². The molecule has 0 spiro atoms. The molecule has 2 amide bonds. The molecule has 1 aliphatic rings. The van der Waals surface area contributed by atoms with Crippen molar-refractivity contribution in [3.8, 4) is 0 Å². The Bertz CT molecular complexity index is 368. The largest absolute Gasteiger partial charge is 0.481 e. The highest BCUT2D eigenvalue weighted by atomic mass is 16.4. The Morgan fingerprint density at radius 2 is 1.81 bits per heavy atom. The molecule has 0 radical (unpaired) electrons. The zero-order valence-corrected chi connectivity index (χ0v) is 14.1. The first-order valence-corrected chi connectivity index (χ1v) is 7.94. The van der Waals surface area contributed by atoms with E-state index in [1.807, 2.05) is 11.8 Å². The number of nitrogens with zero attached hydrogens (tertiary/aromatic N) is 2. The molecule has 1 atom stereocenters. The quantitative estimate of drug-likeness (QED) is 0.867. The molecule has 0 bridgehead atoms. The van der Waals surface area contributed by atoms with Gasteiger partial charge < -0.3 is 14.9 Å². The zero-order chi connectivity index (χ0) is 16.2. The van der Waals surface area contributed by atoms with Crippen LogP contribution in [-0.2, 0) is 4.79 Å². The minimum atomic E-state index is -0.861. The summed E-state index contributed by atoms with van der Waals surface area (Å²) in [6.45, 7) is 12.6. The third kappa shape index (κ3) is 4.90.